The molecule has 1 saturated carbocycles. The van der Waals surface area contributed by atoms with Crippen molar-refractivity contribution in [3.8, 4) is 0 Å². The van der Waals surface area contributed by atoms with Gasteiger partial charge in [-0.05, 0) is 35.5 Å². The van der Waals surface area contributed by atoms with Crippen molar-refractivity contribution in [2.45, 2.75) is 45.1 Å². The Morgan fingerprint density at radius 3 is 2.76 bits per heavy atom. The summed E-state index contributed by atoms with van der Waals surface area (Å²) >= 11 is 0. The Morgan fingerprint density at radius 2 is 1.96 bits per heavy atom. The van der Waals surface area contributed by atoms with Crippen molar-refractivity contribution < 1.29 is 0 Å². The van der Waals surface area contributed by atoms with Crippen molar-refractivity contribution >= 4 is 24.8 Å². The van der Waals surface area contributed by atoms with E-state index in [0.29, 0.717) is 12.0 Å². The first-order valence-corrected chi connectivity index (χ1v) is 9.05. The largest absolute Gasteiger partial charge is 0.366 e. The molecule has 1 aliphatic rings. The number of nitrogens with zero attached hydrogens (tertiary/aromatic N) is 4. The number of rotatable bonds is 5. The third kappa shape index (κ3) is 3.68. The molecule has 0 amide bonds. The van der Waals surface area contributed by atoms with E-state index in [1.54, 1.807) is 23.1 Å². The summed E-state index contributed by atoms with van der Waals surface area (Å²) in [6.45, 7) is 0.713. The summed E-state index contributed by atoms with van der Waals surface area (Å²) in [4.78, 5) is 8.83. The zero-order valence-electron chi connectivity index (χ0n) is 14.4. The van der Waals surface area contributed by atoms with Crippen LogP contribution in [0.5, 0.6) is 0 Å². The van der Waals surface area contributed by atoms with Crippen molar-refractivity contribution in [3.63, 3.8) is 0 Å². The van der Waals surface area contributed by atoms with Crippen LogP contribution < -0.4 is 10.8 Å². The Morgan fingerprint density at radius 1 is 1.16 bits per heavy atom. The minimum Gasteiger partial charge on any atom is -0.366 e. The van der Waals surface area contributed by atoms with Crippen molar-refractivity contribution in [1.29, 1.82) is 0 Å². The number of hydrogen-bond acceptors (Lipinski definition) is 4. The second kappa shape index (κ2) is 7.25. The number of hydrogen-bond donors (Lipinski definition) is 1. The van der Waals surface area contributed by atoms with Gasteiger partial charge in [0, 0.05) is 36.9 Å². The summed E-state index contributed by atoms with van der Waals surface area (Å²) in [5.41, 5.74) is 3.64. The van der Waals surface area contributed by atoms with Crippen molar-refractivity contribution in [3.05, 3.63) is 48.0 Å². The number of anilines is 1. The third-order valence-electron chi connectivity index (χ3n) is 5.00. The maximum atomic E-state index is 6.07. The van der Waals surface area contributed by atoms with Crippen molar-refractivity contribution in [2.24, 2.45) is 5.92 Å². The van der Waals surface area contributed by atoms with E-state index in [1.165, 1.54) is 37.7 Å². The van der Waals surface area contributed by atoms with E-state index in [0.717, 1.165) is 29.5 Å². The molecule has 1 aliphatic carbocycles. The maximum Gasteiger partial charge on any atom is 0.150 e. The number of fused-ring (bicyclic) bond motifs is 1. The van der Waals surface area contributed by atoms with E-state index in [-0.39, 0.29) is 0 Å². The monoisotopic (exact) mass is 331 g/mol. The van der Waals surface area contributed by atoms with Crippen LogP contribution in [0.25, 0.3) is 5.65 Å². The van der Waals surface area contributed by atoms with Gasteiger partial charge in [0.1, 0.15) is 19.3 Å². The number of nitrogens with one attached hydrogen (secondary N) is 1. The summed E-state index contributed by atoms with van der Waals surface area (Å²) in [5.74, 6) is 1.67. The van der Waals surface area contributed by atoms with Gasteiger partial charge in [0.15, 0.2) is 0 Å². The van der Waals surface area contributed by atoms with Gasteiger partial charge in [-0.3, -0.25) is 4.98 Å². The van der Waals surface area contributed by atoms with Crippen LogP contribution in [-0.2, 0) is 13.0 Å². The molecule has 25 heavy (non-hydrogen) atoms. The lowest BCUT2D eigenvalue weighted by molar-refractivity contribution is 0.354. The molecule has 0 unspecified atom stereocenters. The SMILES string of the molecule is [B]c1cnn2c(NCc3ccncc3)cc(CC3CCCCC3)nc12. The first kappa shape index (κ1) is 16.1. The second-order valence-electron chi connectivity index (χ2n) is 6.89. The van der Waals surface area contributed by atoms with Gasteiger partial charge in [-0.15, -0.1) is 0 Å². The van der Waals surface area contributed by atoms with E-state index in [4.69, 9.17) is 12.8 Å². The lowest BCUT2D eigenvalue weighted by Gasteiger charge is -2.21. The fourth-order valence-corrected chi connectivity index (χ4v) is 3.64. The topological polar surface area (TPSA) is 55.1 Å². The molecule has 5 nitrogen and oxygen atoms in total. The third-order valence-corrected chi connectivity index (χ3v) is 5.00. The molecule has 0 saturated heterocycles. The van der Waals surface area contributed by atoms with Gasteiger partial charge in [-0.1, -0.05) is 32.1 Å². The Balaban J connectivity index is 1.59. The van der Waals surface area contributed by atoms with Gasteiger partial charge in [0.25, 0.3) is 0 Å². The minimum absolute atomic E-state index is 0.623. The van der Waals surface area contributed by atoms with Gasteiger partial charge in [0.05, 0.1) is 0 Å². The van der Waals surface area contributed by atoms with Gasteiger partial charge < -0.3 is 5.32 Å². The molecule has 0 atom stereocenters. The molecule has 126 valence electrons. The first-order valence-electron chi connectivity index (χ1n) is 9.05. The van der Waals surface area contributed by atoms with Crippen LogP contribution in [0.3, 0.4) is 0 Å². The Kier molecular flexibility index (Phi) is 4.68. The molecule has 0 aromatic carbocycles. The average molecular weight is 331 g/mol. The van der Waals surface area contributed by atoms with Crippen LogP contribution in [-0.4, -0.2) is 27.4 Å². The standard InChI is InChI=1S/C19H22BN5/c20-17-13-23-25-18(22-12-15-6-8-21-9-7-15)11-16(24-19(17)25)10-14-4-2-1-3-5-14/h6-9,11,13-14,22H,1-5,10,12H2. The summed E-state index contributed by atoms with van der Waals surface area (Å²) in [7, 11) is 6.07. The molecule has 3 aromatic heterocycles. The van der Waals surface area contributed by atoms with Crippen LogP contribution >= 0.6 is 0 Å². The zero-order chi connectivity index (χ0) is 17.1. The van der Waals surface area contributed by atoms with Crippen LogP contribution in [0.4, 0.5) is 5.82 Å². The molecule has 3 aromatic rings. The maximum absolute atomic E-state index is 6.07. The molecule has 1 N–H and O–H groups in total. The minimum atomic E-state index is 0.623. The Bertz CT molecular complexity index is 840. The number of aromatic nitrogens is 4. The van der Waals surface area contributed by atoms with Gasteiger partial charge in [-0.2, -0.15) is 9.61 Å². The van der Waals surface area contributed by atoms with Crippen molar-refractivity contribution in [1.82, 2.24) is 19.6 Å². The predicted molar refractivity (Wildman–Crippen MR) is 100 cm³/mol. The predicted octanol–water partition coefficient (Wildman–Crippen LogP) is 2.65. The normalized spacial score (nSPS) is 15.5. The molecule has 1 fully saturated rings. The summed E-state index contributed by atoms with van der Waals surface area (Å²) in [6, 6.07) is 6.13. The summed E-state index contributed by atoms with van der Waals surface area (Å²) in [6.07, 6.45) is 13.0. The van der Waals surface area contributed by atoms with Crippen molar-refractivity contribution in [2.75, 3.05) is 5.32 Å². The van der Waals surface area contributed by atoms with Crippen LogP contribution in [0.15, 0.2) is 36.8 Å². The smallest absolute Gasteiger partial charge is 0.150 e. The lowest BCUT2D eigenvalue weighted by Crippen LogP contribution is -2.14. The highest BCUT2D eigenvalue weighted by Gasteiger charge is 2.16. The van der Waals surface area contributed by atoms with Crippen LogP contribution in [0, 0.1) is 5.92 Å². The molecular weight excluding hydrogens is 309 g/mol. The molecule has 0 spiro atoms. The lowest BCUT2D eigenvalue weighted by atomic mass is 9.86. The highest BCUT2D eigenvalue weighted by molar-refractivity contribution is 6.36. The average Bonchev–Trinajstić information content (AvgIpc) is 3.03. The summed E-state index contributed by atoms with van der Waals surface area (Å²) in [5, 5.41) is 7.84. The fraction of sp³-hybridized carbons (Fsp3) is 0.421. The van der Waals surface area contributed by atoms with E-state index >= 15 is 0 Å². The number of pyridine rings is 1. The quantitative estimate of drug-likeness (QED) is 0.731. The summed E-state index contributed by atoms with van der Waals surface area (Å²) < 4.78 is 1.79. The van der Waals surface area contributed by atoms with E-state index in [9.17, 15) is 0 Å². The fourth-order valence-electron chi connectivity index (χ4n) is 3.64. The van der Waals surface area contributed by atoms with Crippen LogP contribution in [0.1, 0.15) is 43.4 Å². The highest BCUT2D eigenvalue weighted by atomic mass is 15.3. The van der Waals surface area contributed by atoms with Crippen LogP contribution in [0.2, 0.25) is 0 Å². The first-order chi connectivity index (χ1) is 12.3. The zero-order valence-corrected chi connectivity index (χ0v) is 14.4. The Hall–Kier alpha value is -2.37. The van der Waals surface area contributed by atoms with E-state index < -0.39 is 0 Å². The highest BCUT2D eigenvalue weighted by Crippen LogP contribution is 2.27. The molecule has 0 bridgehead atoms. The Labute approximate surface area is 149 Å². The molecule has 2 radical (unpaired) electrons. The molecule has 0 aliphatic heterocycles. The van der Waals surface area contributed by atoms with Gasteiger partial charge in [0.2, 0.25) is 0 Å². The van der Waals surface area contributed by atoms with Gasteiger partial charge in [-0.25, -0.2) is 4.98 Å². The second-order valence-corrected chi connectivity index (χ2v) is 6.89. The molecule has 4 rings (SSSR count). The molecule has 3 heterocycles. The molecular formula is C19H22BN5. The molecule has 6 heteroatoms. The van der Waals surface area contributed by atoms with E-state index in [2.05, 4.69) is 21.5 Å². The van der Waals surface area contributed by atoms with Gasteiger partial charge >= 0.3 is 0 Å². The van der Waals surface area contributed by atoms with E-state index in [1.807, 2.05) is 12.1 Å².